The van der Waals surface area contributed by atoms with Crippen molar-refractivity contribution >= 4 is 5.69 Å². The van der Waals surface area contributed by atoms with Gasteiger partial charge in [0.1, 0.15) is 11.5 Å². The Morgan fingerprint density at radius 2 is 1.89 bits per heavy atom. The lowest BCUT2D eigenvalue weighted by molar-refractivity contribution is 0.410. The van der Waals surface area contributed by atoms with Crippen LogP contribution in [0.2, 0.25) is 0 Å². The molecule has 0 saturated carbocycles. The molecule has 1 atom stereocenters. The van der Waals surface area contributed by atoms with Crippen LogP contribution >= 0.6 is 0 Å². The average molecular weight is 255 g/mol. The van der Waals surface area contributed by atoms with Gasteiger partial charge in [0, 0.05) is 17.7 Å². The summed E-state index contributed by atoms with van der Waals surface area (Å²) in [6.45, 7) is 0. The number of methoxy groups -OCH3 is 2. The van der Waals surface area contributed by atoms with Crippen LogP contribution in [0.3, 0.4) is 0 Å². The quantitative estimate of drug-likeness (QED) is 0.911. The first-order valence-electron chi connectivity index (χ1n) is 6.38. The Morgan fingerprint density at radius 1 is 1.05 bits per heavy atom. The van der Waals surface area contributed by atoms with E-state index in [0.717, 1.165) is 23.6 Å². The van der Waals surface area contributed by atoms with Gasteiger partial charge in [-0.1, -0.05) is 18.2 Å². The van der Waals surface area contributed by atoms with E-state index in [1.54, 1.807) is 14.2 Å². The molecule has 0 spiro atoms. The third kappa shape index (κ3) is 2.12. The zero-order valence-electron chi connectivity index (χ0n) is 11.1. The van der Waals surface area contributed by atoms with Crippen LogP contribution in [0, 0.1) is 0 Å². The normalized spacial score (nSPS) is 16.6. The monoisotopic (exact) mass is 255 g/mol. The van der Waals surface area contributed by atoms with Crippen molar-refractivity contribution in [3.8, 4) is 11.5 Å². The molecule has 3 nitrogen and oxygen atoms in total. The van der Waals surface area contributed by atoms with E-state index in [-0.39, 0.29) is 6.04 Å². The van der Waals surface area contributed by atoms with Crippen molar-refractivity contribution in [3.63, 3.8) is 0 Å². The Bertz CT molecular complexity index is 595. The number of ether oxygens (including phenoxy) is 2. The van der Waals surface area contributed by atoms with Gasteiger partial charge in [0.15, 0.2) is 0 Å². The predicted molar refractivity (Wildman–Crippen MR) is 76.1 cm³/mol. The van der Waals surface area contributed by atoms with E-state index in [0.29, 0.717) is 0 Å². The molecule has 1 aliphatic rings. The maximum Gasteiger partial charge on any atom is 0.124 e. The maximum atomic E-state index is 5.42. The minimum absolute atomic E-state index is 0.279. The van der Waals surface area contributed by atoms with Crippen LogP contribution in [-0.2, 0) is 6.42 Å². The minimum Gasteiger partial charge on any atom is -0.497 e. The van der Waals surface area contributed by atoms with Crippen LogP contribution in [0.5, 0.6) is 11.5 Å². The van der Waals surface area contributed by atoms with Gasteiger partial charge in [-0.3, -0.25) is 0 Å². The van der Waals surface area contributed by atoms with E-state index < -0.39 is 0 Å². The second-order valence-corrected chi connectivity index (χ2v) is 4.66. The Hall–Kier alpha value is -2.16. The van der Waals surface area contributed by atoms with Crippen LogP contribution in [0.25, 0.3) is 0 Å². The van der Waals surface area contributed by atoms with Gasteiger partial charge in [-0.25, -0.2) is 0 Å². The van der Waals surface area contributed by atoms with Crippen LogP contribution in [-0.4, -0.2) is 14.2 Å². The molecule has 0 amide bonds. The Labute approximate surface area is 113 Å². The molecule has 1 unspecified atom stereocenters. The first-order chi connectivity index (χ1) is 9.31. The first kappa shape index (κ1) is 11.9. The summed E-state index contributed by atoms with van der Waals surface area (Å²) in [7, 11) is 3.41. The van der Waals surface area contributed by atoms with Gasteiger partial charge >= 0.3 is 0 Å². The number of hydrogen-bond donors (Lipinski definition) is 1. The topological polar surface area (TPSA) is 30.5 Å². The second-order valence-electron chi connectivity index (χ2n) is 4.66. The lowest BCUT2D eigenvalue weighted by Gasteiger charge is -2.12. The number of benzene rings is 2. The van der Waals surface area contributed by atoms with Crippen molar-refractivity contribution in [2.75, 3.05) is 19.5 Å². The van der Waals surface area contributed by atoms with Crippen molar-refractivity contribution in [2.24, 2.45) is 0 Å². The number of fused-ring (bicyclic) bond motifs is 1. The van der Waals surface area contributed by atoms with Crippen molar-refractivity contribution < 1.29 is 9.47 Å². The lowest BCUT2D eigenvalue weighted by Crippen LogP contribution is -2.05. The molecule has 1 N–H and O–H groups in total. The molecule has 0 aliphatic carbocycles. The van der Waals surface area contributed by atoms with Crippen LogP contribution < -0.4 is 14.8 Å². The van der Waals surface area contributed by atoms with Crippen molar-refractivity contribution in [3.05, 3.63) is 53.6 Å². The van der Waals surface area contributed by atoms with E-state index >= 15 is 0 Å². The highest BCUT2D eigenvalue weighted by atomic mass is 16.5. The van der Waals surface area contributed by atoms with Gasteiger partial charge in [-0.2, -0.15) is 0 Å². The van der Waals surface area contributed by atoms with Gasteiger partial charge in [-0.15, -0.1) is 0 Å². The standard InChI is InChI=1S/C16H17NO2/c1-18-12-6-3-5-11(9-12)15-10-13-14(17-15)7-4-8-16(13)19-2/h3-9,15,17H,10H2,1-2H3. The Balaban J connectivity index is 1.90. The molecule has 98 valence electrons. The second kappa shape index (κ2) is 4.84. The van der Waals surface area contributed by atoms with E-state index in [1.165, 1.54) is 11.1 Å². The third-order valence-electron chi connectivity index (χ3n) is 3.59. The fourth-order valence-electron chi connectivity index (χ4n) is 2.60. The summed E-state index contributed by atoms with van der Waals surface area (Å²) < 4.78 is 10.7. The van der Waals surface area contributed by atoms with Crippen molar-refractivity contribution in [1.82, 2.24) is 0 Å². The minimum atomic E-state index is 0.279. The first-order valence-corrected chi connectivity index (χ1v) is 6.38. The molecule has 19 heavy (non-hydrogen) atoms. The van der Waals surface area contributed by atoms with Gasteiger partial charge in [0.2, 0.25) is 0 Å². The fourth-order valence-corrected chi connectivity index (χ4v) is 2.60. The third-order valence-corrected chi connectivity index (χ3v) is 3.59. The molecule has 1 heterocycles. The molecule has 0 radical (unpaired) electrons. The molecule has 1 aliphatic heterocycles. The van der Waals surface area contributed by atoms with Crippen molar-refractivity contribution in [2.45, 2.75) is 12.5 Å². The Morgan fingerprint density at radius 3 is 2.68 bits per heavy atom. The number of rotatable bonds is 3. The van der Waals surface area contributed by atoms with Crippen LogP contribution in [0.15, 0.2) is 42.5 Å². The maximum absolute atomic E-state index is 5.42. The molecule has 0 saturated heterocycles. The summed E-state index contributed by atoms with van der Waals surface area (Å²) in [6.07, 6.45) is 0.937. The smallest absolute Gasteiger partial charge is 0.124 e. The molecule has 0 aromatic heterocycles. The molecular weight excluding hydrogens is 238 g/mol. The number of hydrogen-bond acceptors (Lipinski definition) is 3. The number of nitrogens with one attached hydrogen (secondary N) is 1. The summed E-state index contributed by atoms with van der Waals surface area (Å²) in [5, 5.41) is 3.54. The molecule has 3 heteroatoms. The SMILES string of the molecule is COc1cccc(C2Cc3c(cccc3OC)N2)c1. The summed E-state index contributed by atoms with van der Waals surface area (Å²) in [5.41, 5.74) is 3.64. The largest absolute Gasteiger partial charge is 0.497 e. The van der Waals surface area contributed by atoms with Gasteiger partial charge < -0.3 is 14.8 Å². The fraction of sp³-hybridized carbons (Fsp3) is 0.250. The molecule has 3 rings (SSSR count). The van der Waals surface area contributed by atoms with Crippen molar-refractivity contribution in [1.29, 1.82) is 0 Å². The summed E-state index contributed by atoms with van der Waals surface area (Å²) in [4.78, 5) is 0. The highest BCUT2D eigenvalue weighted by molar-refractivity contribution is 5.63. The van der Waals surface area contributed by atoms with E-state index in [9.17, 15) is 0 Å². The summed E-state index contributed by atoms with van der Waals surface area (Å²) in [5.74, 6) is 1.85. The molecule has 2 aromatic rings. The summed E-state index contributed by atoms with van der Waals surface area (Å²) >= 11 is 0. The molecular formula is C16H17NO2. The molecule has 2 aromatic carbocycles. The van der Waals surface area contributed by atoms with Gasteiger partial charge in [-0.05, 0) is 29.8 Å². The Kier molecular flexibility index (Phi) is 3.03. The van der Waals surface area contributed by atoms with Gasteiger partial charge in [0.25, 0.3) is 0 Å². The van der Waals surface area contributed by atoms with E-state index in [1.807, 2.05) is 24.3 Å². The highest BCUT2D eigenvalue weighted by Gasteiger charge is 2.24. The predicted octanol–water partition coefficient (Wildman–Crippen LogP) is 3.41. The van der Waals surface area contributed by atoms with E-state index in [4.69, 9.17) is 9.47 Å². The average Bonchev–Trinajstić information content (AvgIpc) is 2.91. The molecule has 0 bridgehead atoms. The lowest BCUT2D eigenvalue weighted by atomic mass is 10.0. The highest BCUT2D eigenvalue weighted by Crippen LogP contribution is 2.39. The van der Waals surface area contributed by atoms with Crippen LogP contribution in [0.1, 0.15) is 17.2 Å². The van der Waals surface area contributed by atoms with Crippen LogP contribution in [0.4, 0.5) is 5.69 Å². The zero-order valence-corrected chi connectivity index (χ0v) is 11.1. The number of anilines is 1. The van der Waals surface area contributed by atoms with Gasteiger partial charge in [0.05, 0.1) is 20.3 Å². The zero-order chi connectivity index (χ0) is 13.2. The van der Waals surface area contributed by atoms with E-state index in [2.05, 4.69) is 23.5 Å². The summed E-state index contributed by atoms with van der Waals surface area (Å²) in [6, 6.07) is 14.6. The molecule has 0 fully saturated rings.